The van der Waals surface area contributed by atoms with Gasteiger partial charge in [0.25, 0.3) is 11.5 Å². The number of carbonyl (C=O) groups is 1. The Morgan fingerprint density at radius 1 is 1.30 bits per heavy atom. The van der Waals surface area contributed by atoms with E-state index >= 15 is 0 Å². The number of nitrogens with one attached hydrogen (secondary N) is 2. The van der Waals surface area contributed by atoms with Gasteiger partial charge in [-0.25, -0.2) is 0 Å². The van der Waals surface area contributed by atoms with Crippen LogP contribution in [-0.2, 0) is 0 Å². The number of carbonyl (C=O) groups excluding carboxylic acids is 1. The lowest BCUT2D eigenvalue weighted by Gasteiger charge is -2.20. The van der Waals surface area contributed by atoms with Gasteiger partial charge in [-0.05, 0) is 12.0 Å². The Labute approximate surface area is 116 Å². The van der Waals surface area contributed by atoms with Gasteiger partial charge in [-0.15, -0.1) is 0 Å². The standard InChI is InChI=1S/C15H18N2O3/c1-9(2)13(8-18)17-15(20)12-7-16-14(19)11-6-4-3-5-10(11)12/h3-7,9,13,18H,8H2,1-2H3,(H,16,19)(H,17,20)/t13-/m0/s1. The number of aromatic amines is 1. The fourth-order valence-electron chi connectivity index (χ4n) is 2.07. The molecule has 0 unspecified atom stereocenters. The normalized spacial score (nSPS) is 12.6. The number of H-pyrrole nitrogens is 1. The van der Waals surface area contributed by atoms with E-state index in [0.29, 0.717) is 16.3 Å². The summed E-state index contributed by atoms with van der Waals surface area (Å²) < 4.78 is 0. The summed E-state index contributed by atoms with van der Waals surface area (Å²) in [6.07, 6.45) is 1.41. The molecule has 0 aliphatic carbocycles. The van der Waals surface area contributed by atoms with Crippen LogP contribution in [0.1, 0.15) is 24.2 Å². The second-order valence-corrected chi connectivity index (χ2v) is 5.08. The highest BCUT2D eigenvalue weighted by molar-refractivity contribution is 6.06. The minimum atomic E-state index is -0.312. The minimum absolute atomic E-state index is 0.120. The number of aliphatic hydroxyl groups excluding tert-OH is 1. The van der Waals surface area contributed by atoms with E-state index in [1.165, 1.54) is 6.20 Å². The van der Waals surface area contributed by atoms with Crippen LogP contribution in [0.15, 0.2) is 35.3 Å². The van der Waals surface area contributed by atoms with Crippen molar-refractivity contribution in [3.8, 4) is 0 Å². The van der Waals surface area contributed by atoms with Gasteiger partial charge in [0.1, 0.15) is 0 Å². The number of hydrogen-bond donors (Lipinski definition) is 3. The van der Waals surface area contributed by atoms with Gasteiger partial charge in [-0.3, -0.25) is 9.59 Å². The third-order valence-corrected chi connectivity index (χ3v) is 3.37. The molecule has 1 aromatic carbocycles. The number of pyridine rings is 1. The highest BCUT2D eigenvalue weighted by atomic mass is 16.3. The number of aromatic nitrogens is 1. The molecule has 106 valence electrons. The molecule has 0 aliphatic rings. The average Bonchev–Trinajstić information content (AvgIpc) is 2.45. The van der Waals surface area contributed by atoms with Crippen LogP contribution in [0.4, 0.5) is 0 Å². The van der Waals surface area contributed by atoms with Crippen molar-refractivity contribution >= 4 is 16.7 Å². The third-order valence-electron chi connectivity index (χ3n) is 3.37. The van der Waals surface area contributed by atoms with E-state index in [2.05, 4.69) is 10.3 Å². The number of hydrogen-bond acceptors (Lipinski definition) is 3. The smallest absolute Gasteiger partial charge is 0.255 e. The first-order chi connectivity index (χ1) is 9.54. The molecule has 1 atom stereocenters. The van der Waals surface area contributed by atoms with E-state index in [1.54, 1.807) is 24.3 Å². The maximum absolute atomic E-state index is 12.3. The van der Waals surface area contributed by atoms with Crippen molar-refractivity contribution in [3.63, 3.8) is 0 Å². The summed E-state index contributed by atoms with van der Waals surface area (Å²) in [5.41, 5.74) is 0.180. The van der Waals surface area contributed by atoms with Gasteiger partial charge >= 0.3 is 0 Å². The lowest BCUT2D eigenvalue weighted by atomic mass is 10.0. The van der Waals surface area contributed by atoms with Gasteiger partial charge in [0.2, 0.25) is 0 Å². The van der Waals surface area contributed by atoms with Gasteiger partial charge < -0.3 is 15.4 Å². The van der Waals surface area contributed by atoms with Crippen LogP contribution in [0.3, 0.4) is 0 Å². The lowest BCUT2D eigenvalue weighted by molar-refractivity contribution is 0.0898. The van der Waals surface area contributed by atoms with E-state index in [9.17, 15) is 14.7 Å². The maximum atomic E-state index is 12.3. The van der Waals surface area contributed by atoms with Crippen LogP contribution in [0, 0.1) is 5.92 Å². The number of benzene rings is 1. The molecule has 1 amide bonds. The van der Waals surface area contributed by atoms with Crippen LogP contribution in [0.25, 0.3) is 10.8 Å². The van der Waals surface area contributed by atoms with E-state index in [1.807, 2.05) is 13.8 Å². The molecule has 0 saturated carbocycles. The first kappa shape index (κ1) is 14.3. The lowest BCUT2D eigenvalue weighted by Crippen LogP contribution is -2.41. The molecule has 0 bridgehead atoms. The van der Waals surface area contributed by atoms with Crippen LogP contribution < -0.4 is 10.9 Å². The van der Waals surface area contributed by atoms with E-state index in [0.717, 1.165) is 0 Å². The molecule has 1 aromatic heterocycles. The van der Waals surface area contributed by atoms with Crippen molar-refractivity contribution < 1.29 is 9.90 Å². The predicted octanol–water partition coefficient (Wildman–Crippen LogP) is 1.27. The summed E-state index contributed by atoms with van der Waals surface area (Å²) in [6.45, 7) is 3.73. The molecule has 0 spiro atoms. The van der Waals surface area contributed by atoms with Gasteiger partial charge in [0.15, 0.2) is 0 Å². The van der Waals surface area contributed by atoms with E-state index in [-0.39, 0.29) is 30.0 Å². The first-order valence-corrected chi connectivity index (χ1v) is 6.56. The second kappa shape index (κ2) is 5.88. The zero-order valence-electron chi connectivity index (χ0n) is 11.5. The number of amides is 1. The summed E-state index contributed by atoms with van der Waals surface area (Å²) in [7, 11) is 0. The number of rotatable bonds is 4. The molecule has 5 heteroatoms. The van der Waals surface area contributed by atoms with E-state index in [4.69, 9.17) is 0 Å². The number of fused-ring (bicyclic) bond motifs is 1. The predicted molar refractivity (Wildman–Crippen MR) is 77.7 cm³/mol. The van der Waals surface area contributed by atoms with Crippen molar-refractivity contribution in [2.45, 2.75) is 19.9 Å². The van der Waals surface area contributed by atoms with Gasteiger partial charge in [-0.1, -0.05) is 32.0 Å². The maximum Gasteiger partial charge on any atom is 0.255 e. The van der Waals surface area contributed by atoms with Gasteiger partial charge in [0.05, 0.1) is 18.2 Å². The van der Waals surface area contributed by atoms with Crippen molar-refractivity contribution in [2.24, 2.45) is 5.92 Å². The Morgan fingerprint density at radius 2 is 1.95 bits per heavy atom. The van der Waals surface area contributed by atoms with Crippen molar-refractivity contribution in [1.82, 2.24) is 10.3 Å². The molecule has 20 heavy (non-hydrogen) atoms. The molecule has 0 saturated heterocycles. The molecule has 2 rings (SSSR count). The van der Waals surface area contributed by atoms with Crippen LogP contribution in [0.5, 0.6) is 0 Å². The quantitative estimate of drug-likeness (QED) is 0.785. The Balaban J connectivity index is 2.41. The van der Waals surface area contributed by atoms with Crippen LogP contribution in [-0.4, -0.2) is 28.6 Å². The van der Waals surface area contributed by atoms with Gasteiger partial charge in [0, 0.05) is 17.0 Å². The fraction of sp³-hybridized carbons (Fsp3) is 0.333. The monoisotopic (exact) mass is 274 g/mol. The minimum Gasteiger partial charge on any atom is -0.394 e. The Bertz CT molecular complexity index is 676. The average molecular weight is 274 g/mol. The zero-order valence-corrected chi connectivity index (χ0v) is 11.5. The Kier molecular flexibility index (Phi) is 4.20. The van der Waals surface area contributed by atoms with Crippen molar-refractivity contribution in [3.05, 3.63) is 46.4 Å². The van der Waals surface area contributed by atoms with Crippen molar-refractivity contribution in [2.75, 3.05) is 6.61 Å². The Morgan fingerprint density at radius 3 is 2.55 bits per heavy atom. The molecule has 1 heterocycles. The fourth-order valence-corrected chi connectivity index (χ4v) is 2.07. The molecule has 5 nitrogen and oxygen atoms in total. The highest BCUT2D eigenvalue weighted by Gasteiger charge is 2.18. The molecular formula is C15H18N2O3. The van der Waals surface area contributed by atoms with E-state index < -0.39 is 0 Å². The Hall–Kier alpha value is -2.14. The summed E-state index contributed by atoms with van der Waals surface area (Å²) in [4.78, 5) is 26.6. The zero-order chi connectivity index (χ0) is 14.7. The third kappa shape index (κ3) is 2.72. The largest absolute Gasteiger partial charge is 0.394 e. The summed E-state index contributed by atoms with van der Waals surface area (Å²) in [5, 5.41) is 13.1. The molecular weight excluding hydrogens is 256 g/mol. The molecule has 2 aromatic rings. The summed E-state index contributed by atoms with van der Waals surface area (Å²) >= 11 is 0. The topological polar surface area (TPSA) is 82.2 Å². The van der Waals surface area contributed by atoms with Gasteiger partial charge in [-0.2, -0.15) is 0 Å². The number of aliphatic hydroxyl groups is 1. The second-order valence-electron chi connectivity index (χ2n) is 5.08. The SMILES string of the molecule is CC(C)[C@H](CO)NC(=O)c1c[nH]c(=O)c2ccccc12. The van der Waals surface area contributed by atoms with Crippen molar-refractivity contribution in [1.29, 1.82) is 0 Å². The summed E-state index contributed by atoms with van der Waals surface area (Å²) in [6, 6.07) is 6.64. The van der Waals surface area contributed by atoms with Crippen LogP contribution >= 0.6 is 0 Å². The molecule has 0 fully saturated rings. The highest BCUT2D eigenvalue weighted by Crippen LogP contribution is 2.14. The summed E-state index contributed by atoms with van der Waals surface area (Å²) in [5.74, 6) is -0.178. The molecule has 3 N–H and O–H groups in total. The van der Waals surface area contributed by atoms with Crippen LogP contribution in [0.2, 0.25) is 0 Å². The first-order valence-electron chi connectivity index (χ1n) is 6.56. The molecule has 0 radical (unpaired) electrons. The molecule has 0 aliphatic heterocycles.